The number of furan rings is 1. The molecule has 5 nitrogen and oxygen atoms in total. The first-order valence-corrected chi connectivity index (χ1v) is 17.8. The monoisotopic (exact) mass is 670 g/mol. The van der Waals surface area contributed by atoms with Crippen LogP contribution in [0.3, 0.4) is 0 Å². The summed E-state index contributed by atoms with van der Waals surface area (Å²) >= 11 is 1.84. The zero-order chi connectivity index (χ0) is 33.5. The lowest BCUT2D eigenvalue weighted by Crippen LogP contribution is -2.03. The molecule has 4 heterocycles. The minimum absolute atomic E-state index is 0.597. The molecule has 0 N–H and O–H groups in total. The van der Waals surface area contributed by atoms with Crippen LogP contribution in [0.25, 0.3) is 104 Å². The molecule has 238 valence electrons. The van der Waals surface area contributed by atoms with Crippen LogP contribution in [0.15, 0.2) is 162 Å². The van der Waals surface area contributed by atoms with Crippen molar-refractivity contribution in [3.8, 4) is 39.9 Å². The molecule has 6 heteroatoms. The van der Waals surface area contributed by atoms with E-state index in [0.29, 0.717) is 17.5 Å². The van der Waals surface area contributed by atoms with E-state index in [0.717, 1.165) is 55.3 Å². The van der Waals surface area contributed by atoms with Crippen LogP contribution in [0.5, 0.6) is 0 Å². The largest absolute Gasteiger partial charge is 0.456 e. The fourth-order valence-electron chi connectivity index (χ4n) is 7.60. The third-order valence-electron chi connectivity index (χ3n) is 9.87. The molecule has 0 saturated carbocycles. The summed E-state index contributed by atoms with van der Waals surface area (Å²) in [6.45, 7) is 0. The zero-order valence-electron chi connectivity index (χ0n) is 27.1. The first kappa shape index (κ1) is 28.2. The highest BCUT2D eigenvalue weighted by Crippen LogP contribution is 2.42. The summed E-state index contributed by atoms with van der Waals surface area (Å²) in [5, 5.41) is 7.03. The third-order valence-corrected chi connectivity index (χ3v) is 11.0. The van der Waals surface area contributed by atoms with Crippen molar-refractivity contribution in [2.75, 3.05) is 0 Å². The van der Waals surface area contributed by atoms with Crippen LogP contribution in [0.1, 0.15) is 0 Å². The summed E-state index contributed by atoms with van der Waals surface area (Å²) in [4.78, 5) is 15.6. The molecule has 0 amide bonds. The lowest BCUT2D eigenvalue weighted by molar-refractivity contribution is 0.669. The maximum atomic E-state index is 6.27. The maximum Gasteiger partial charge on any atom is 0.166 e. The van der Waals surface area contributed by atoms with E-state index in [2.05, 4.69) is 102 Å². The van der Waals surface area contributed by atoms with Gasteiger partial charge in [-0.3, -0.25) is 0 Å². The molecule has 0 spiro atoms. The Bertz CT molecular complexity index is 3150. The van der Waals surface area contributed by atoms with Crippen LogP contribution in [0.4, 0.5) is 0 Å². The Balaban J connectivity index is 1.20. The summed E-state index contributed by atoms with van der Waals surface area (Å²) in [5.41, 5.74) is 7.67. The first-order valence-electron chi connectivity index (χ1n) is 16.9. The number of fused-ring (bicyclic) bond motifs is 9. The molecular formula is C45H26N4OS. The highest BCUT2D eigenvalue weighted by molar-refractivity contribution is 7.25. The van der Waals surface area contributed by atoms with Crippen LogP contribution < -0.4 is 0 Å². The summed E-state index contributed by atoms with van der Waals surface area (Å²) in [5.74, 6) is 1.82. The maximum absolute atomic E-state index is 6.27. The topological polar surface area (TPSA) is 56.7 Å². The van der Waals surface area contributed by atoms with Crippen LogP contribution in [0, 0.1) is 0 Å². The van der Waals surface area contributed by atoms with Crippen LogP contribution in [-0.2, 0) is 0 Å². The second-order valence-electron chi connectivity index (χ2n) is 12.8. The van der Waals surface area contributed by atoms with Gasteiger partial charge in [0.15, 0.2) is 17.5 Å². The number of rotatable bonds is 4. The lowest BCUT2D eigenvalue weighted by atomic mass is 10.1. The molecule has 0 aliphatic heterocycles. The predicted molar refractivity (Wildman–Crippen MR) is 211 cm³/mol. The van der Waals surface area contributed by atoms with Crippen LogP contribution >= 0.6 is 11.3 Å². The number of aromatic nitrogens is 4. The molecule has 0 atom stereocenters. The Morgan fingerprint density at radius 3 is 2.00 bits per heavy atom. The average Bonchev–Trinajstić information content (AvgIpc) is 3.86. The van der Waals surface area contributed by atoms with Crippen molar-refractivity contribution in [2.24, 2.45) is 0 Å². The molecule has 0 aliphatic carbocycles. The van der Waals surface area contributed by atoms with E-state index in [-0.39, 0.29) is 0 Å². The highest BCUT2D eigenvalue weighted by atomic mass is 32.1. The van der Waals surface area contributed by atoms with Gasteiger partial charge in [0.2, 0.25) is 0 Å². The van der Waals surface area contributed by atoms with Gasteiger partial charge in [-0.15, -0.1) is 11.3 Å². The number of para-hydroxylation sites is 3. The van der Waals surface area contributed by atoms with Gasteiger partial charge in [-0.05, 0) is 48.5 Å². The number of hydrogen-bond donors (Lipinski definition) is 0. The predicted octanol–water partition coefficient (Wildman–Crippen LogP) is 12.2. The van der Waals surface area contributed by atoms with E-state index in [1.54, 1.807) is 0 Å². The summed E-state index contributed by atoms with van der Waals surface area (Å²) in [6.07, 6.45) is 0. The molecule has 0 bridgehead atoms. The van der Waals surface area contributed by atoms with Gasteiger partial charge >= 0.3 is 0 Å². The molecule has 7 aromatic carbocycles. The Hall–Kier alpha value is -6.63. The Kier molecular flexibility index (Phi) is 6.05. The smallest absolute Gasteiger partial charge is 0.166 e. The van der Waals surface area contributed by atoms with E-state index < -0.39 is 0 Å². The molecule has 0 saturated heterocycles. The van der Waals surface area contributed by atoms with Crippen molar-refractivity contribution in [3.05, 3.63) is 158 Å². The number of hydrogen-bond acceptors (Lipinski definition) is 5. The molecular weight excluding hydrogens is 645 g/mol. The minimum Gasteiger partial charge on any atom is -0.456 e. The van der Waals surface area contributed by atoms with Gasteiger partial charge in [0, 0.05) is 58.4 Å². The van der Waals surface area contributed by atoms with Gasteiger partial charge in [0.1, 0.15) is 11.2 Å². The third kappa shape index (κ3) is 4.30. The van der Waals surface area contributed by atoms with Crippen molar-refractivity contribution < 1.29 is 4.42 Å². The minimum atomic E-state index is 0.597. The molecule has 0 fully saturated rings. The quantitative estimate of drug-likeness (QED) is 0.187. The summed E-state index contributed by atoms with van der Waals surface area (Å²) < 4.78 is 11.2. The SMILES string of the molecule is c1ccc(-c2nc(-c3ccccc3-n3c4ccccc4c4cc5c(cc43)sc3ccccc35)nc(-c3cccc4oc5ccccc5c34)n2)cc1. The summed E-state index contributed by atoms with van der Waals surface area (Å²) in [7, 11) is 0. The van der Waals surface area contributed by atoms with Gasteiger partial charge in [-0.1, -0.05) is 109 Å². The van der Waals surface area contributed by atoms with Gasteiger partial charge in [0.05, 0.1) is 16.7 Å². The number of thiophene rings is 1. The van der Waals surface area contributed by atoms with Gasteiger partial charge in [0.25, 0.3) is 0 Å². The standard InChI is InChI=1S/C45H26N4OS/c1-2-13-27(14-3-1)43-46-44(48-45(47-43)32-19-12-23-39-42(32)31-18-6-10-22-38(31)50-39)30-17-5-9-21-36(30)49-35-20-8-4-15-28(35)33-25-34-29-16-7-11-24-40(29)51-41(34)26-37(33)49/h1-26H. The van der Waals surface area contributed by atoms with Crippen molar-refractivity contribution in [1.82, 2.24) is 19.5 Å². The Labute approximate surface area is 295 Å². The molecule has 11 rings (SSSR count). The molecule has 0 radical (unpaired) electrons. The van der Waals surface area contributed by atoms with Crippen molar-refractivity contribution in [1.29, 1.82) is 0 Å². The van der Waals surface area contributed by atoms with E-state index in [9.17, 15) is 0 Å². The van der Waals surface area contributed by atoms with E-state index in [4.69, 9.17) is 19.4 Å². The zero-order valence-corrected chi connectivity index (χ0v) is 27.9. The molecule has 0 unspecified atom stereocenters. The second-order valence-corrected chi connectivity index (χ2v) is 13.9. The number of nitrogens with zero attached hydrogens (tertiary/aromatic N) is 4. The van der Waals surface area contributed by atoms with Gasteiger partial charge < -0.3 is 8.98 Å². The van der Waals surface area contributed by atoms with E-state index in [1.807, 2.05) is 72.0 Å². The molecule has 4 aromatic heterocycles. The molecule has 51 heavy (non-hydrogen) atoms. The van der Waals surface area contributed by atoms with Crippen molar-refractivity contribution in [3.63, 3.8) is 0 Å². The average molecular weight is 671 g/mol. The Morgan fingerprint density at radius 1 is 0.431 bits per heavy atom. The molecule has 11 aromatic rings. The van der Waals surface area contributed by atoms with Crippen molar-refractivity contribution in [2.45, 2.75) is 0 Å². The first-order chi connectivity index (χ1) is 25.3. The highest BCUT2D eigenvalue weighted by Gasteiger charge is 2.21. The van der Waals surface area contributed by atoms with Crippen molar-refractivity contribution >= 4 is 75.3 Å². The van der Waals surface area contributed by atoms with Gasteiger partial charge in [-0.25, -0.2) is 15.0 Å². The second kappa shape index (κ2) is 10.9. The number of benzene rings is 7. The fourth-order valence-corrected chi connectivity index (χ4v) is 8.72. The van der Waals surface area contributed by atoms with Gasteiger partial charge in [-0.2, -0.15) is 0 Å². The van der Waals surface area contributed by atoms with Crippen LogP contribution in [0.2, 0.25) is 0 Å². The lowest BCUT2D eigenvalue weighted by Gasteiger charge is -2.14. The Morgan fingerprint density at radius 2 is 1.10 bits per heavy atom. The van der Waals surface area contributed by atoms with Crippen LogP contribution in [-0.4, -0.2) is 19.5 Å². The molecule has 0 aliphatic rings. The normalized spacial score (nSPS) is 11.9. The fraction of sp³-hybridized carbons (Fsp3) is 0. The van der Waals surface area contributed by atoms with E-state index in [1.165, 1.54) is 30.9 Å². The van der Waals surface area contributed by atoms with E-state index >= 15 is 0 Å². The summed E-state index contributed by atoms with van der Waals surface area (Å²) in [6, 6.07) is 54.9.